The zero-order valence-electron chi connectivity index (χ0n) is 13.5. The van der Waals surface area contributed by atoms with E-state index in [4.69, 9.17) is 4.74 Å². The van der Waals surface area contributed by atoms with Crippen molar-refractivity contribution in [1.82, 2.24) is 10.3 Å². The zero-order valence-corrected chi connectivity index (χ0v) is 15.1. The first-order valence-electron chi connectivity index (χ1n) is 7.78. The molecule has 24 heavy (non-hydrogen) atoms. The second kappa shape index (κ2) is 8.84. The Kier molecular flexibility index (Phi) is 6.81. The van der Waals surface area contributed by atoms with Crippen LogP contribution >= 0.6 is 15.9 Å². The van der Waals surface area contributed by atoms with Crippen LogP contribution in [0.15, 0.2) is 28.9 Å². The van der Waals surface area contributed by atoms with Crippen molar-refractivity contribution in [3.05, 3.63) is 34.4 Å². The third-order valence-electron chi connectivity index (χ3n) is 3.80. The van der Waals surface area contributed by atoms with Crippen LogP contribution in [0, 0.1) is 0 Å². The quantitative estimate of drug-likeness (QED) is 0.568. The number of carbonyl (C=O) groups excluding carboxylic acids is 1. The molecule has 0 saturated heterocycles. The summed E-state index contributed by atoms with van der Waals surface area (Å²) in [7, 11) is 1.61. The summed E-state index contributed by atoms with van der Waals surface area (Å²) < 4.78 is 5.83. The highest BCUT2D eigenvalue weighted by Crippen LogP contribution is 2.27. The van der Waals surface area contributed by atoms with E-state index in [1.807, 2.05) is 18.2 Å². The molecule has 1 heterocycles. The lowest BCUT2D eigenvalue weighted by molar-refractivity contribution is -0.141. The third kappa shape index (κ3) is 4.82. The number of methoxy groups -OCH3 is 1. The predicted octanol–water partition coefficient (Wildman–Crippen LogP) is 2.86. The molecule has 7 heteroatoms. The van der Waals surface area contributed by atoms with E-state index < -0.39 is 12.0 Å². The Labute approximate surface area is 148 Å². The molecular weight excluding hydrogens is 376 g/mol. The summed E-state index contributed by atoms with van der Waals surface area (Å²) >= 11 is 3.49. The largest absolute Gasteiger partial charge is 0.480 e. The number of nitrogens with one attached hydrogen (secondary N) is 2. The Bertz CT molecular complexity index is 714. The maximum Gasteiger partial charge on any atom is 0.326 e. The molecule has 0 spiro atoms. The highest BCUT2D eigenvalue weighted by molar-refractivity contribution is 9.10. The second-order valence-electron chi connectivity index (χ2n) is 5.59. The molecule has 0 aliphatic heterocycles. The van der Waals surface area contributed by atoms with Crippen molar-refractivity contribution in [3.8, 4) is 0 Å². The van der Waals surface area contributed by atoms with Crippen molar-refractivity contribution in [2.24, 2.45) is 0 Å². The number of aromatic nitrogens is 1. The maximum absolute atomic E-state index is 11.9. The van der Waals surface area contributed by atoms with Crippen LogP contribution < -0.4 is 5.32 Å². The number of hydrogen-bond donors (Lipinski definition) is 3. The number of carbonyl (C=O) groups is 2. The Morgan fingerprint density at radius 1 is 1.38 bits per heavy atom. The van der Waals surface area contributed by atoms with Gasteiger partial charge in [0.1, 0.15) is 6.04 Å². The Morgan fingerprint density at radius 2 is 2.17 bits per heavy atom. The van der Waals surface area contributed by atoms with Crippen molar-refractivity contribution in [3.63, 3.8) is 0 Å². The van der Waals surface area contributed by atoms with Gasteiger partial charge in [0.05, 0.1) is 0 Å². The lowest BCUT2D eigenvalue weighted by Gasteiger charge is -2.14. The molecule has 6 nitrogen and oxygen atoms in total. The van der Waals surface area contributed by atoms with Crippen molar-refractivity contribution < 1.29 is 19.4 Å². The fourth-order valence-corrected chi connectivity index (χ4v) is 3.21. The number of ether oxygens (including phenoxy) is 1. The number of carboxylic acid groups (broad SMARTS) is 1. The van der Waals surface area contributed by atoms with Gasteiger partial charge < -0.3 is 20.1 Å². The lowest BCUT2D eigenvalue weighted by atomic mass is 10.0. The topological polar surface area (TPSA) is 91.4 Å². The van der Waals surface area contributed by atoms with Gasteiger partial charge in [-0.15, -0.1) is 0 Å². The number of rotatable bonds is 9. The first kappa shape index (κ1) is 18.5. The van der Waals surface area contributed by atoms with E-state index in [-0.39, 0.29) is 12.3 Å². The van der Waals surface area contributed by atoms with Crippen LogP contribution in [0.4, 0.5) is 0 Å². The van der Waals surface area contributed by atoms with E-state index >= 15 is 0 Å². The molecule has 1 aromatic carbocycles. The molecule has 0 aliphatic rings. The molecule has 2 rings (SSSR count). The Balaban J connectivity index is 2.03. The normalized spacial score (nSPS) is 12.2. The van der Waals surface area contributed by atoms with Gasteiger partial charge >= 0.3 is 5.97 Å². The van der Waals surface area contributed by atoms with E-state index in [1.54, 1.807) is 13.3 Å². The minimum atomic E-state index is -1.04. The first-order valence-corrected chi connectivity index (χ1v) is 8.57. The number of hydrogen-bond acceptors (Lipinski definition) is 3. The summed E-state index contributed by atoms with van der Waals surface area (Å²) in [6.45, 7) is 0.596. The van der Waals surface area contributed by atoms with Crippen molar-refractivity contribution in [2.45, 2.75) is 31.7 Å². The molecule has 2 aromatic rings. The van der Waals surface area contributed by atoms with Gasteiger partial charge in [0.25, 0.3) is 0 Å². The minimum absolute atomic E-state index is 0.224. The van der Waals surface area contributed by atoms with Gasteiger partial charge in [0, 0.05) is 48.1 Å². The highest BCUT2D eigenvalue weighted by atomic mass is 79.9. The number of aliphatic carboxylic acids is 1. The fourth-order valence-electron chi connectivity index (χ4n) is 2.59. The number of carboxylic acids is 1. The molecular formula is C17H21BrN2O4. The van der Waals surface area contributed by atoms with Crippen LogP contribution in [0.3, 0.4) is 0 Å². The maximum atomic E-state index is 11.9. The molecule has 1 amide bonds. The van der Waals surface area contributed by atoms with Gasteiger partial charge in [0.15, 0.2) is 0 Å². The van der Waals surface area contributed by atoms with Crippen LogP contribution in [0.25, 0.3) is 10.9 Å². The van der Waals surface area contributed by atoms with E-state index in [2.05, 4.69) is 26.2 Å². The lowest BCUT2D eigenvalue weighted by Crippen LogP contribution is -2.42. The van der Waals surface area contributed by atoms with E-state index in [0.717, 1.165) is 27.4 Å². The fraction of sp³-hybridized carbons (Fsp3) is 0.412. The smallest absolute Gasteiger partial charge is 0.326 e. The molecule has 0 saturated carbocycles. The average Bonchev–Trinajstić information content (AvgIpc) is 2.95. The summed E-state index contributed by atoms with van der Waals surface area (Å²) in [4.78, 5) is 26.6. The van der Waals surface area contributed by atoms with E-state index in [1.165, 1.54) is 0 Å². The van der Waals surface area contributed by atoms with Gasteiger partial charge in [-0.3, -0.25) is 4.79 Å². The summed E-state index contributed by atoms with van der Waals surface area (Å²) in [6.07, 6.45) is 3.75. The van der Waals surface area contributed by atoms with Crippen LogP contribution in [-0.2, 0) is 20.7 Å². The second-order valence-corrected chi connectivity index (χ2v) is 6.44. The Morgan fingerprint density at radius 3 is 2.88 bits per heavy atom. The number of fused-ring (bicyclic) bond motifs is 1. The molecule has 0 radical (unpaired) electrons. The molecule has 130 valence electrons. The zero-order chi connectivity index (χ0) is 17.5. The van der Waals surface area contributed by atoms with Crippen molar-refractivity contribution >= 4 is 38.7 Å². The molecule has 1 aromatic heterocycles. The first-order chi connectivity index (χ1) is 11.5. The number of unbranched alkanes of at least 4 members (excludes halogenated alkanes) is 1. The number of halogens is 1. The molecule has 0 fully saturated rings. The predicted molar refractivity (Wildman–Crippen MR) is 95.0 cm³/mol. The van der Waals surface area contributed by atoms with Crippen LogP contribution in [0.5, 0.6) is 0 Å². The number of benzene rings is 1. The SMILES string of the molecule is COCCCCC(=O)NC(Cc1c[nH]c2cccc(Br)c12)C(=O)O. The van der Waals surface area contributed by atoms with Gasteiger partial charge in [-0.1, -0.05) is 22.0 Å². The molecule has 1 unspecified atom stereocenters. The average molecular weight is 397 g/mol. The molecule has 3 N–H and O–H groups in total. The van der Waals surface area contributed by atoms with Gasteiger partial charge in [0.2, 0.25) is 5.91 Å². The van der Waals surface area contributed by atoms with Gasteiger partial charge in [-0.2, -0.15) is 0 Å². The van der Waals surface area contributed by atoms with Crippen molar-refractivity contribution in [1.29, 1.82) is 0 Å². The molecule has 0 aliphatic carbocycles. The van der Waals surface area contributed by atoms with Crippen LogP contribution in [-0.4, -0.2) is 41.7 Å². The number of H-pyrrole nitrogens is 1. The standard InChI is InChI=1S/C17H21BrN2O4/c1-24-8-3-2-7-15(21)20-14(17(22)23)9-11-10-19-13-6-4-5-12(18)16(11)13/h4-6,10,14,19H,2-3,7-9H2,1H3,(H,20,21)(H,22,23). The molecule has 1 atom stereocenters. The van der Waals surface area contributed by atoms with Crippen LogP contribution in [0.1, 0.15) is 24.8 Å². The highest BCUT2D eigenvalue weighted by Gasteiger charge is 2.22. The number of amides is 1. The van der Waals surface area contributed by atoms with E-state index in [9.17, 15) is 14.7 Å². The third-order valence-corrected chi connectivity index (χ3v) is 4.46. The van der Waals surface area contributed by atoms with E-state index in [0.29, 0.717) is 19.4 Å². The monoisotopic (exact) mass is 396 g/mol. The minimum Gasteiger partial charge on any atom is -0.480 e. The summed E-state index contributed by atoms with van der Waals surface area (Å²) in [5.74, 6) is -1.29. The van der Waals surface area contributed by atoms with Crippen LogP contribution in [0.2, 0.25) is 0 Å². The van der Waals surface area contributed by atoms with Gasteiger partial charge in [-0.25, -0.2) is 4.79 Å². The summed E-state index contributed by atoms with van der Waals surface area (Å²) in [5, 5.41) is 13.0. The van der Waals surface area contributed by atoms with Gasteiger partial charge in [-0.05, 0) is 30.5 Å². The number of aromatic amines is 1. The summed E-state index contributed by atoms with van der Waals surface area (Å²) in [6, 6.07) is 4.78. The molecule has 0 bridgehead atoms. The Hall–Kier alpha value is -1.86. The van der Waals surface area contributed by atoms with Crippen molar-refractivity contribution in [2.75, 3.05) is 13.7 Å². The summed E-state index contributed by atoms with van der Waals surface area (Å²) in [5.41, 5.74) is 1.78.